The summed E-state index contributed by atoms with van der Waals surface area (Å²) in [6.07, 6.45) is 5.27. The van der Waals surface area contributed by atoms with Gasteiger partial charge in [0, 0.05) is 18.0 Å². The number of imidazole rings is 1. The maximum absolute atomic E-state index is 14.8. The molecule has 0 atom stereocenters. The molecule has 1 aliphatic carbocycles. The summed E-state index contributed by atoms with van der Waals surface area (Å²) in [6, 6.07) is 15.9. The molecule has 0 amide bonds. The molecule has 10 heteroatoms. The Labute approximate surface area is 199 Å². The van der Waals surface area contributed by atoms with Crippen molar-refractivity contribution >= 4 is 11.0 Å². The van der Waals surface area contributed by atoms with Crippen LogP contribution in [0, 0.1) is 11.9 Å². The fourth-order valence-electron chi connectivity index (χ4n) is 5.03. The number of hydrogen-bond acceptors (Lipinski definition) is 6. The Morgan fingerprint density at radius 3 is 2.34 bits per heavy atom. The average Bonchev–Trinajstić information content (AvgIpc) is 3.57. The molecule has 0 aliphatic heterocycles. The second-order valence-electron chi connectivity index (χ2n) is 8.86. The SMILES string of the molecule is Fc1nnc(F)c2c1nc(C1CCCCC1)n2Cc1ccc(-c2ccccc2-c2nnn[nH]2)cc1. The normalized spacial score (nSPS) is 14.6. The van der Waals surface area contributed by atoms with Crippen molar-refractivity contribution in [3.05, 3.63) is 71.8 Å². The highest BCUT2D eigenvalue weighted by atomic mass is 19.1. The molecule has 0 unspecified atom stereocenters. The second-order valence-corrected chi connectivity index (χ2v) is 8.86. The predicted octanol–water partition coefficient (Wildman–Crippen LogP) is 5.05. The molecule has 3 heterocycles. The van der Waals surface area contributed by atoms with Gasteiger partial charge in [0.05, 0.1) is 0 Å². The lowest BCUT2D eigenvalue weighted by atomic mass is 9.88. The van der Waals surface area contributed by atoms with Crippen LogP contribution in [0.25, 0.3) is 33.5 Å². The molecule has 6 rings (SSSR count). The molecule has 176 valence electrons. The maximum atomic E-state index is 14.8. The molecule has 1 N–H and O–H groups in total. The number of aromatic nitrogens is 8. The molecule has 2 aromatic carbocycles. The van der Waals surface area contributed by atoms with Gasteiger partial charge in [-0.3, -0.25) is 0 Å². The van der Waals surface area contributed by atoms with Gasteiger partial charge < -0.3 is 4.57 Å². The molecule has 35 heavy (non-hydrogen) atoms. The van der Waals surface area contributed by atoms with Gasteiger partial charge in [-0.1, -0.05) is 67.8 Å². The molecule has 0 radical (unpaired) electrons. The lowest BCUT2D eigenvalue weighted by Gasteiger charge is -2.22. The summed E-state index contributed by atoms with van der Waals surface area (Å²) in [7, 11) is 0. The van der Waals surface area contributed by atoms with Crippen LogP contribution in [0.3, 0.4) is 0 Å². The number of H-pyrrole nitrogens is 1. The summed E-state index contributed by atoms with van der Waals surface area (Å²) in [6.45, 7) is 0.359. The number of nitrogens with one attached hydrogen (secondary N) is 1. The lowest BCUT2D eigenvalue weighted by molar-refractivity contribution is 0.419. The summed E-state index contributed by atoms with van der Waals surface area (Å²) in [5, 5.41) is 20.9. The van der Waals surface area contributed by atoms with Crippen LogP contribution in [0.15, 0.2) is 48.5 Å². The topological polar surface area (TPSA) is 98.1 Å². The van der Waals surface area contributed by atoms with Gasteiger partial charge in [0.2, 0.25) is 0 Å². The van der Waals surface area contributed by atoms with Crippen LogP contribution in [-0.4, -0.2) is 40.4 Å². The van der Waals surface area contributed by atoms with E-state index in [2.05, 4.69) is 35.8 Å². The van der Waals surface area contributed by atoms with E-state index in [1.165, 1.54) is 6.42 Å². The molecule has 1 aliphatic rings. The fourth-order valence-corrected chi connectivity index (χ4v) is 5.03. The highest BCUT2D eigenvalue weighted by molar-refractivity contribution is 5.80. The Morgan fingerprint density at radius 2 is 1.60 bits per heavy atom. The summed E-state index contributed by atoms with van der Waals surface area (Å²) >= 11 is 0. The van der Waals surface area contributed by atoms with Crippen LogP contribution >= 0.6 is 0 Å². The van der Waals surface area contributed by atoms with Crippen LogP contribution in [0.4, 0.5) is 8.78 Å². The van der Waals surface area contributed by atoms with E-state index in [9.17, 15) is 8.78 Å². The Bertz CT molecular complexity index is 1470. The minimum atomic E-state index is -0.842. The van der Waals surface area contributed by atoms with Crippen molar-refractivity contribution in [1.29, 1.82) is 0 Å². The monoisotopic (exact) mass is 472 g/mol. The number of benzene rings is 2. The van der Waals surface area contributed by atoms with E-state index >= 15 is 0 Å². The zero-order valence-corrected chi connectivity index (χ0v) is 18.8. The third-order valence-electron chi connectivity index (χ3n) is 6.72. The van der Waals surface area contributed by atoms with Gasteiger partial charge >= 0.3 is 0 Å². The van der Waals surface area contributed by atoms with Gasteiger partial charge in [-0.2, -0.15) is 8.78 Å². The fraction of sp³-hybridized carbons (Fsp3) is 0.280. The molecule has 1 saturated carbocycles. The number of nitrogens with zero attached hydrogens (tertiary/aromatic N) is 7. The Kier molecular flexibility index (Phi) is 5.48. The predicted molar refractivity (Wildman–Crippen MR) is 125 cm³/mol. The van der Waals surface area contributed by atoms with Crippen LogP contribution < -0.4 is 0 Å². The van der Waals surface area contributed by atoms with E-state index in [1.54, 1.807) is 4.57 Å². The van der Waals surface area contributed by atoms with Crippen LogP contribution in [0.5, 0.6) is 0 Å². The third-order valence-corrected chi connectivity index (χ3v) is 6.72. The summed E-state index contributed by atoms with van der Waals surface area (Å²) in [4.78, 5) is 4.52. The largest absolute Gasteiger partial charge is 0.319 e. The number of rotatable bonds is 5. The summed E-state index contributed by atoms with van der Waals surface area (Å²) in [5.41, 5.74) is 3.83. The highest BCUT2D eigenvalue weighted by Gasteiger charge is 2.26. The molecular weight excluding hydrogens is 450 g/mol. The zero-order chi connectivity index (χ0) is 23.8. The summed E-state index contributed by atoms with van der Waals surface area (Å²) < 4.78 is 31.0. The molecule has 8 nitrogen and oxygen atoms in total. The number of aromatic amines is 1. The molecule has 0 spiro atoms. The van der Waals surface area contributed by atoms with Crippen molar-refractivity contribution in [3.63, 3.8) is 0 Å². The second kappa shape index (κ2) is 8.94. The smallest absolute Gasteiger partial charge is 0.261 e. The van der Waals surface area contributed by atoms with Gasteiger partial charge in [0.1, 0.15) is 11.3 Å². The first kappa shape index (κ1) is 21.5. The van der Waals surface area contributed by atoms with Gasteiger partial charge in [0.15, 0.2) is 11.3 Å². The number of fused-ring (bicyclic) bond motifs is 1. The van der Waals surface area contributed by atoms with Crippen molar-refractivity contribution in [3.8, 4) is 22.5 Å². The first-order valence-electron chi connectivity index (χ1n) is 11.7. The zero-order valence-electron chi connectivity index (χ0n) is 18.8. The minimum Gasteiger partial charge on any atom is -0.319 e. The van der Waals surface area contributed by atoms with E-state index in [4.69, 9.17) is 0 Å². The molecule has 5 aromatic rings. The van der Waals surface area contributed by atoms with Crippen LogP contribution in [-0.2, 0) is 6.54 Å². The molecular formula is C25H22F2N8. The molecule has 3 aromatic heterocycles. The van der Waals surface area contributed by atoms with Crippen molar-refractivity contribution < 1.29 is 8.78 Å². The third kappa shape index (κ3) is 3.94. The van der Waals surface area contributed by atoms with Crippen LogP contribution in [0.1, 0.15) is 49.4 Å². The van der Waals surface area contributed by atoms with E-state index in [0.29, 0.717) is 18.2 Å². The molecule has 1 fully saturated rings. The van der Waals surface area contributed by atoms with Crippen molar-refractivity contribution in [2.75, 3.05) is 0 Å². The number of hydrogen-bond donors (Lipinski definition) is 1. The van der Waals surface area contributed by atoms with Crippen molar-refractivity contribution in [2.45, 2.75) is 44.6 Å². The Morgan fingerprint density at radius 1 is 0.857 bits per heavy atom. The first-order valence-corrected chi connectivity index (χ1v) is 11.7. The maximum Gasteiger partial charge on any atom is 0.261 e. The average molecular weight is 473 g/mol. The minimum absolute atomic E-state index is 0.0516. The quantitative estimate of drug-likeness (QED) is 0.385. The van der Waals surface area contributed by atoms with E-state index in [0.717, 1.165) is 47.9 Å². The number of halogens is 2. The van der Waals surface area contributed by atoms with Crippen molar-refractivity contribution in [1.82, 2.24) is 40.4 Å². The Balaban J connectivity index is 1.38. The van der Waals surface area contributed by atoms with Gasteiger partial charge in [-0.05, 0) is 40.0 Å². The Hall–Kier alpha value is -4.08. The van der Waals surface area contributed by atoms with Crippen LogP contribution in [0.2, 0.25) is 0 Å². The summed E-state index contributed by atoms with van der Waals surface area (Å²) in [5.74, 6) is -0.185. The van der Waals surface area contributed by atoms with Gasteiger partial charge in [0.25, 0.3) is 11.9 Å². The van der Waals surface area contributed by atoms with E-state index in [-0.39, 0.29) is 17.0 Å². The molecule has 0 bridgehead atoms. The lowest BCUT2D eigenvalue weighted by Crippen LogP contribution is -2.13. The van der Waals surface area contributed by atoms with Crippen molar-refractivity contribution in [2.24, 2.45) is 0 Å². The first-order chi connectivity index (χ1) is 17.2. The highest BCUT2D eigenvalue weighted by Crippen LogP contribution is 2.35. The van der Waals surface area contributed by atoms with E-state index < -0.39 is 11.9 Å². The van der Waals surface area contributed by atoms with Gasteiger partial charge in [-0.25, -0.2) is 10.1 Å². The van der Waals surface area contributed by atoms with Gasteiger partial charge in [-0.15, -0.1) is 15.3 Å². The van der Waals surface area contributed by atoms with E-state index in [1.807, 2.05) is 48.5 Å². The number of tetrazole rings is 1. The standard InChI is InChI=1S/C25H22F2N8/c26-22-20-21(23(27)30-29-22)35(25(28-20)17-6-2-1-3-7-17)14-15-10-12-16(13-11-15)18-8-4-5-9-19(18)24-31-33-34-32-24/h4-5,8-13,17H,1-3,6-7,14H2,(H,31,32,33,34). The molecule has 0 saturated heterocycles.